The van der Waals surface area contributed by atoms with Crippen LogP contribution in [-0.2, 0) is 4.79 Å². The van der Waals surface area contributed by atoms with Crippen LogP contribution in [0.5, 0.6) is 0 Å². The van der Waals surface area contributed by atoms with Gasteiger partial charge in [-0.1, -0.05) is 23.2 Å². The van der Waals surface area contributed by atoms with Crippen molar-refractivity contribution < 1.29 is 14.7 Å². The Labute approximate surface area is 120 Å². The maximum atomic E-state index is 12.3. The molecule has 1 aromatic carbocycles. The molecule has 1 N–H and O–H groups in total. The third-order valence-corrected chi connectivity index (χ3v) is 3.82. The molecule has 0 bridgehead atoms. The highest BCUT2D eigenvalue weighted by Gasteiger charge is 2.42. The molecule has 0 spiro atoms. The fraction of sp³-hybridized carbons (Fsp3) is 0.385. The van der Waals surface area contributed by atoms with Gasteiger partial charge in [0.1, 0.15) is 0 Å². The van der Waals surface area contributed by atoms with Crippen molar-refractivity contribution >= 4 is 35.1 Å². The average Bonchev–Trinajstić information content (AvgIpc) is 2.71. The van der Waals surface area contributed by atoms with Crippen molar-refractivity contribution in [3.05, 3.63) is 33.8 Å². The summed E-state index contributed by atoms with van der Waals surface area (Å²) in [5, 5.41) is 9.92. The lowest BCUT2D eigenvalue weighted by atomic mass is 9.90. The van der Waals surface area contributed by atoms with E-state index in [-0.39, 0.29) is 12.5 Å². The highest BCUT2D eigenvalue weighted by Crippen LogP contribution is 2.31. The second kappa shape index (κ2) is 5.02. The topological polar surface area (TPSA) is 57.6 Å². The van der Waals surface area contributed by atoms with Gasteiger partial charge in [-0.05, 0) is 31.5 Å². The van der Waals surface area contributed by atoms with Crippen LogP contribution in [0.2, 0.25) is 10.0 Å². The Bertz CT molecular complexity index is 526. The van der Waals surface area contributed by atoms with E-state index in [1.54, 1.807) is 13.0 Å². The van der Waals surface area contributed by atoms with Gasteiger partial charge in [-0.25, -0.2) is 0 Å². The van der Waals surface area contributed by atoms with Crippen molar-refractivity contribution in [1.82, 2.24) is 4.90 Å². The van der Waals surface area contributed by atoms with Gasteiger partial charge >= 0.3 is 5.97 Å². The first-order valence-corrected chi connectivity index (χ1v) is 6.56. The van der Waals surface area contributed by atoms with Gasteiger partial charge in [0, 0.05) is 28.7 Å². The number of carboxylic acids is 1. The first-order chi connectivity index (χ1) is 8.82. The summed E-state index contributed by atoms with van der Waals surface area (Å²) >= 11 is 11.7. The molecule has 1 saturated heterocycles. The van der Waals surface area contributed by atoms with Crippen LogP contribution < -0.4 is 0 Å². The number of halogens is 2. The average molecular weight is 302 g/mol. The zero-order chi connectivity index (χ0) is 14.2. The Morgan fingerprint density at radius 1 is 1.26 bits per heavy atom. The fourth-order valence-corrected chi connectivity index (χ4v) is 2.69. The SMILES string of the molecule is CC1(C(=O)O)CCN(C(=O)c2cc(Cl)cc(Cl)c2)C1. The van der Waals surface area contributed by atoms with Gasteiger partial charge in [0.15, 0.2) is 0 Å². The van der Waals surface area contributed by atoms with Crippen molar-refractivity contribution in [1.29, 1.82) is 0 Å². The minimum absolute atomic E-state index is 0.200. The van der Waals surface area contributed by atoms with Gasteiger partial charge in [0.25, 0.3) is 5.91 Å². The van der Waals surface area contributed by atoms with Crippen molar-refractivity contribution in [2.24, 2.45) is 5.41 Å². The molecular formula is C13H13Cl2NO3. The van der Waals surface area contributed by atoms with E-state index in [1.165, 1.54) is 17.0 Å². The molecule has 1 unspecified atom stereocenters. The maximum absolute atomic E-state index is 12.3. The number of carbonyl (C=O) groups is 2. The van der Waals surface area contributed by atoms with Gasteiger partial charge < -0.3 is 10.0 Å². The van der Waals surface area contributed by atoms with Gasteiger partial charge in [0.2, 0.25) is 0 Å². The molecule has 0 aliphatic carbocycles. The molecule has 4 nitrogen and oxygen atoms in total. The van der Waals surface area contributed by atoms with Crippen LogP contribution in [0.1, 0.15) is 23.7 Å². The van der Waals surface area contributed by atoms with Crippen molar-refractivity contribution in [3.8, 4) is 0 Å². The Morgan fingerprint density at radius 3 is 2.32 bits per heavy atom. The molecular weight excluding hydrogens is 289 g/mol. The molecule has 1 atom stereocenters. The number of hydrogen-bond acceptors (Lipinski definition) is 2. The molecule has 0 aromatic heterocycles. The minimum Gasteiger partial charge on any atom is -0.481 e. The number of hydrogen-bond donors (Lipinski definition) is 1. The normalized spacial score (nSPS) is 22.6. The summed E-state index contributed by atoms with van der Waals surface area (Å²) in [5.74, 6) is -1.12. The monoisotopic (exact) mass is 301 g/mol. The Kier molecular flexibility index (Phi) is 3.74. The van der Waals surface area contributed by atoms with E-state index >= 15 is 0 Å². The molecule has 6 heteroatoms. The summed E-state index contributed by atoms with van der Waals surface area (Å²) in [6.07, 6.45) is 0.447. The van der Waals surface area contributed by atoms with E-state index in [4.69, 9.17) is 28.3 Å². The summed E-state index contributed by atoms with van der Waals surface area (Å²) in [6.45, 7) is 2.27. The molecule has 1 amide bonds. The van der Waals surface area contributed by atoms with Crippen LogP contribution in [0.25, 0.3) is 0 Å². The first-order valence-electron chi connectivity index (χ1n) is 5.81. The molecule has 19 heavy (non-hydrogen) atoms. The fourth-order valence-electron chi connectivity index (χ4n) is 2.17. The predicted octanol–water partition coefficient (Wildman–Crippen LogP) is 2.93. The standard InChI is InChI=1S/C13H13Cl2NO3/c1-13(12(18)19)2-3-16(7-13)11(17)8-4-9(14)6-10(15)5-8/h4-6H,2-3,7H2,1H3,(H,18,19). The smallest absolute Gasteiger partial charge is 0.311 e. The van der Waals surface area contributed by atoms with Gasteiger partial charge in [-0.2, -0.15) is 0 Å². The number of amides is 1. The lowest BCUT2D eigenvalue weighted by Gasteiger charge is -2.20. The van der Waals surface area contributed by atoms with Gasteiger partial charge in [-0.3, -0.25) is 9.59 Å². The molecule has 0 radical (unpaired) electrons. The number of benzene rings is 1. The number of aliphatic carboxylic acids is 1. The van der Waals surface area contributed by atoms with E-state index in [9.17, 15) is 9.59 Å². The first kappa shape index (κ1) is 14.2. The van der Waals surface area contributed by atoms with Crippen molar-refractivity contribution in [2.75, 3.05) is 13.1 Å². The van der Waals surface area contributed by atoms with Crippen LogP contribution in [0, 0.1) is 5.41 Å². The van der Waals surface area contributed by atoms with Crippen molar-refractivity contribution in [2.45, 2.75) is 13.3 Å². The maximum Gasteiger partial charge on any atom is 0.311 e. The molecule has 0 saturated carbocycles. The third kappa shape index (κ3) is 2.85. The molecule has 1 aliphatic heterocycles. The Hall–Kier alpha value is -1.26. The second-order valence-electron chi connectivity index (χ2n) is 5.00. The quantitative estimate of drug-likeness (QED) is 0.914. The Morgan fingerprint density at radius 2 is 1.84 bits per heavy atom. The molecule has 1 aliphatic rings. The number of carbonyl (C=O) groups excluding carboxylic acids is 1. The molecule has 1 heterocycles. The van der Waals surface area contributed by atoms with E-state index < -0.39 is 11.4 Å². The third-order valence-electron chi connectivity index (χ3n) is 3.39. The lowest BCUT2D eigenvalue weighted by Crippen LogP contribution is -2.34. The number of carboxylic acid groups (broad SMARTS) is 1. The van der Waals surface area contributed by atoms with Crippen LogP contribution in [0.4, 0.5) is 0 Å². The molecule has 1 fully saturated rings. The number of nitrogens with zero attached hydrogens (tertiary/aromatic N) is 1. The summed E-state index contributed by atoms with van der Waals surface area (Å²) < 4.78 is 0. The van der Waals surface area contributed by atoms with Crippen LogP contribution >= 0.6 is 23.2 Å². The highest BCUT2D eigenvalue weighted by molar-refractivity contribution is 6.35. The van der Waals surface area contributed by atoms with E-state index in [1.807, 2.05) is 0 Å². The lowest BCUT2D eigenvalue weighted by molar-refractivity contribution is -0.147. The van der Waals surface area contributed by atoms with Gasteiger partial charge in [0.05, 0.1) is 5.41 Å². The minimum atomic E-state index is -0.882. The summed E-state index contributed by atoms with van der Waals surface area (Å²) in [6, 6.07) is 4.61. The second-order valence-corrected chi connectivity index (χ2v) is 5.87. The van der Waals surface area contributed by atoms with Crippen LogP contribution in [0.3, 0.4) is 0 Å². The zero-order valence-electron chi connectivity index (χ0n) is 10.3. The van der Waals surface area contributed by atoms with E-state index in [0.29, 0.717) is 28.6 Å². The number of rotatable bonds is 2. The van der Waals surface area contributed by atoms with Gasteiger partial charge in [-0.15, -0.1) is 0 Å². The largest absolute Gasteiger partial charge is 0.481 e. The summed E-state index contributed by atoms with van der Waals surface area (Å²) in [4.78, 5) is 25.0. The Balaban J connectivity index is 2.20. The van der Waals surface area contributed by atoms with E-state index in [0.717, 1.165) is 0 Å². The van der Waals surface area contributed by atoms with Crippen molar-refractivity contribution in [3.63, 3.8) is 0 Å². The molecule has 1 aromatic rings. The number of likely N-dealkylation sites (tertiary alicyclic amines) is 1. The van der Waals surface area contributed by atoms with Crippen LogP contribution in [-0.4, -0.2) is 35.0 Å². The zero-order valence-corrected chi connectivity index (χ0v) is 11.8. The summed E-state index contributed by atoms with van der Waals surface area (Å²) in [5.41, 5.74) is -0.495. The van der Waals surface area contributed by atoms with E-state index in [2.05, 4.69) is 0 Å². The molecule has 102 valence electrons. The highest BCUT2D eigenvalue weighted by atomic mass is 35.5. The predicted molar refractivity (Wildman–Crippen MR) is 72.7 cm³/mol. The summed E-state index contributed by atoms with van der Waals surface area (Å²) in [7, 11) is 0. The molecule has 2 rings (SSSR count). The van der Waals surface area contributed by atoms with Crippen LogP contribution in [0.15, 0.2) is 18.2 Å².